The maximum Gasteiger partial charge on any atom is 0.115 e. The molecule has 0 amide bonds. The fourth-order valence-electron chi connectivity index (χ4n) is 1.56. The Morgan fingerprint density at radius 3 is 3.21 bits per heavy atom. The number of hydrogen-bond acceptors (Lipinski definition) is 4. The van der Waals surface area contributed by atoms with Crippen LogP contribution in [0.25, 0.3) is 0 Å². The van der Waals surface area contributed by atoms with Gasteiger partial charge in [-0.1, -0.05) is 6.92 Å². The van der Waals surface area contributed by atoms with Gasteiger partial charge in [-0.3, -0.25) is 0 Å². The summed E-state index contributed by atoms with van der Waals surface area (Å²) in [4.78, 5) is 4.31. The second kappa shape index (κ2) is 4.57. The van der Waals surface area contributed by atoms with Gasteiger partial charge in [0.15, 0.2) is 0 Å². The lowest BCUT2D eigenvalue weighted by atomic mass is 10.2. The molecule has 1 N–H and O–H groups in total. The molecule has 0 aliphatic carbocycles. The quantitative estimate of drug-likeness (QED) is 0.826. The zero-order chi connectivity index (χ0) is 9.80. The van der Waals surface area contributed by atoms with Crippen LogP contribution in [0.15, 0.2) is 22.7 Å². The molecule has 0 radical (unpaired) electrons. The summed E-state index contributed by atoms with van der Waals surface area (Å²) in [5.41, 5.74) is 2.92. The third-order valence-corrected chi connectivity index (χ3v) is 2.78. The van der Waals surface area contributed by atoms with Gasteiger partial charge in [0.25, 0.3) is 0 Å². The number of aromatic nitrogens is 1. The average molecular weight is 210 g/mol. The Morgan fingerprint density at radius 1 is 1.71 bits per heavy atom. The van der Waals surface area contributed by atoms with Crippen LogP contribution in [0.1, 0.15) is 25.1 Å². The van der Waals surface area contributed by atoms with Gasteiger partial charge < -0.3 is 10.1 Å². The lowest BCUT2D eigenvalue weighted by Crippen LogP contribution is -2.23. The predicted molar refractivity (Wildman–Crippen MR) is 57.2 cm³/mol. The van der Waals surface area contributed by atoms with Crippen LogP contribution < -0.4 is 5.32 Å². The van der Waals surface area contributed by atoms with Gasteiger partial charge in [-0.15, -0.1) is 11.3 Å². The first kappa shape index (κ1) is 9.68. The summed E-state index contributed by atoms with van der Waals surface area (Å²) in [5.74, 6) is 1.03. The van der Waals surface area contributed by atoms with E-state index in [9.17, 15) is 0 Å². The fourth-order valence-corrected chi connectivity index (χ4v) is 2.14. The Bertz CT molecular complexity index is 308. The number of hydrogen-bond donors (Lipinski definition) is 1. The Hall–Kier alpha value is -0.870. The predicted octanol–water partition coefficient (Wildman–Crippen LogP) is 2.10. The minimum absolute atomic E-state index is 0.147. The summed E-state index contributed by atoms with van der Waals surface area (Å²) in [6.45, 7) is 3.82. The van der Waals surface area contributed by atoms with E-state index < -0.39 is 0 Å². The van der Waals surface area contributed by atoms with E-state index in [4.69, 9.17) is 4.74 Å². The topological polar surface area (TPSA) is 34.1 Å². The van der Waals surface area contributed by atoms with E-state index in [-0.39, 0.29) is 6.04 Å². The monoisotopic (exact) mass is 210 g/mol. The van der Waals surface area contributed by atoms with Crippen molar-refractivity contribution in [3.63, 3.8) is 0 Å². The molecule has 14 heavy (non-hydrogen) atoms. The molecule has 1 aromatic rings. The molecule has 0 aromatic carbocycles. The van der Waals surface area contributed by atoms with Crippen molar-refractivity contribution in [1.29, 1.82) is 0 Å². The number of nitrogens with one attached hydrogen (secondary N) is 1. The highest BCUT2D eigenvalue weighted by atomic mass is 32.1. The smallest absolute Gasteiger partial charge is 0.115 e. The summed E-state index contributed by atoms with van der Waals surface area (Å²) in [6, 6.07) is 0.147. The third-order valence-electron chi connectivity index (χ3n) is 2.17. The van der Waals surface area contributed by atoms with Gasteiger partial charge >= 0.3 is 0 Å². The summed E-state index contributed by atoms with van der Waals surface area (Å²) in [6.07, 6.45) is 3.16. The van der Waals surface area contributed by atoms with Crippen molar-refractivity contribution in [2.75, 3.05) is 13.2 Å². The van der Waals surface area contributed by atoms with E-state index in [1.807, 2.05) is 5.51 Å². The zero-order valence-electron chi connectivity index (χ0n) is 8.19. The zero-order valence-corrected chi connectivity index (χ0v) is 9.01. The summed E-state index contributed by atoms with van der Waals surface area (Å²) in [5, 5.41) is 5.44. The van der Waals surface area contributed by atoms with Crippen LogP contribution in [-0.2, 0) is 4.74 Å². The van der Waals surface area contributed by atoms with Crippen LogP contribution in [0.5, 0.6) is 0 Å². The van der Waals surface area contributed by atoms with Crippen LogP contribution in [0, 0.1) is 0 Å². The number of nitrogens with zero attached hydrogens (tertiary/aromatic N) is 1. The van der Waals surface area contributed by atoms with Gasteiger partial charge in [0, 0.05) is 11.8 Å². The number of thiazole rings is 1. The van der Waals surface area contributed by atoms with Gasteiger partial charge in [-0.05, 0) is 12.6 Å². The number of likely N-dealkylation sites (N-methyl/N-ethyl adjacent to an activating group) is 1. The minimum Gasteiger partial charge on any atom is -0.496 e. The van der Waals surface area contributed by atoms with E-state index in [0.717, 1.165) is 31.0 Å². The van der Waals surface area contributed by atoms with Crippen LogP contribution >= 0.6 is 11.3 Å². The summed E-state index contributed by atoms with van der Waals surface area (Å²) < 4.78 is 5.55. The molecular formula is C10H14N2OS. The normalized spacial score (nSPS) is 17.6. The first-order valence-corrected chi connectivity index (χ1v) is 5.80. The van der Waals surface area contributed by atoms with Crippen LogP contribution in [0.3, 0.4) is 0 Å². The number of rotatable bonds is 4. The number of ether oxygens (including phenoxy) is 1. The van der Waals surface area contributed by atoms with Gasteiger partial charge in [0.1, 0.15) is 11.8 Å². The van der Waals surface area contributed by atoms with Gasteiger partial charge in [-0.2, -0.15) is 0 Å². The molecule has 1 aromatic heterocycles. The molecule has 1 aliphatic heterocycles. The van der Waals surface area contributed by atoms with Crippen molar-refractivity contribution in [3.05, 3.63) is 28.4 Å². The standard InChI is InChI=1S/C10H14N2OS/c1-2-11-10(8-6-14-7-12-8)9-4-3-5-13-9/h4,6-7,10-11H,2-3,5H2,1H3. The molecule has 0 saturated heterocycles. The van der Waals surface area contributed by atoms with E-state index >= 15 is 0 Å². The van der Waals surface area contributed by atoms with Crippen LogP contribution in [-0.4, -0.2) is 18.1 Å². The Labute approximate surface area is 87.8 Å². The Balaban J connectivity index is 2.15. The van der Waals surface area contributed by atoms with Crippen molar-refractivity contribution in [2.45, 2.75) is 19.4 Å². The molecule has 0 fully saturated rings. The molecule has 2 heterocycles. The molecule has 0 saturated carbocycles. The van der Waals surface area contributed by atoms with E-state index in [0.29, 0.717) is 0 Å². The first-order valence-electron chi connectivity index (χ1n) is 4.86. The molecule has 1 unspecified atom stereocenters. The van der Waals surface area contributed by atoms with Crippen molar-refractivity contribution in [1.82, 2.24) is 10.3 Å². The fraction of sp³-hybridized carbons (Fsp3) is 0.500. The highest BCUT2D eigenvalue weighted by Gasteiger charge is 2.21. The summed E-state index contributed by atoms with van der Waals surface area (Å²) in [7, 11) is 0. The highest BCUT2D eigenvalue weighted by molar-refractivity contribution is 7.07. The molecule has 0 spiro atoms. The minimum atomic E-state index is 0.147. The largest absolute Gasteiger partial charge is 0.496 e. The summed E-state index contributed by atoms with van der Waals surface area (Å²) >= 11 is 1.62. The van der Waals surface area contributed by atoms with Crippen molar-refractivity contribution < 1.29 is 4.74 Å². The lowest BCUT2D eigenvalue weighted by molar-refractivity contribution is 0.215. The maximum absolute atomic E-state index is 5.55. The van der Waals surface area contributed by atoms with Gasteiger partial charge in [0.05, 0.1) is 17.8 Å². The molecule has 2 rings (SSSR count). The third kappa shape index (κ3) is 1.96. The van der Waals surface area contributed by atoms with Gasteiger partial charge in [0.2, 0.25) is 0 Å². The van der Waals surface area contributed by atoms with Crippen molar-refractivity contribution in [3.8, 4) is 0 Å². The van der Waals surface area contributed by atoms with Crippen molar-refractivity contribution >= 4 is 11.3 Å². The van der Waals surface area contributed by atoms with Crippen LogP contribution in [0.2, 0.25) is 0 Å². The van der Waals surface area contributed by atoms with E-state index in [1.54, 1.807) is 11.3 Å². The molecule has 0 bridgehead atoms. The van der Waals surface area contributed by atoms with Crippen molar-refractivity contribution in [2.24, 2.45) is 0 Å². The first-order chi connectivity index (χ1) is 6.92. The second-order valence-corrected chi connectivity index (χ2v) is 3.87. The Kier molecular flexibility index (Phi) is 3.16. The molecule has 4 heteroatoms. The molecule has 3 nitrogen and oxygen atoms in total. The molecule has 1 aliphatic rings. The second-order valence-electron chi connectivity index (χ2n) is 3.15. The highest BCUT2D eigenvalue weighted by Crippen LogP contribution is 2.25. The molecule has 76 valence electrons. The molecular weight excluding hydrogens is 196 g/mol. The Morgan fingerprint density at radius 2 is 2.64 bits per heavy atom. The SMILES string of the molecule is CCNC(C1=CCCO1)c1cscn1. The van der Waals surface area contributed by atoms with E-state index in [2.05, 4.69) is 28.7 Å². The lowest BCUT2D eigenvalue weighted by Gasteiger charge is -2.16. The van der Waals surface area contributed by atoms with Crippen LogP contribution in [0.4, 0.5) is 0 Å². The molecule has 1 atom stereocenters. The average Bonchev–Trinajstić information content (AvgIpc) is 2.87. The maximum atomic E-state index is 5.55. The van der Waals surface area contributed by atoms with Gasteiger partial charge in [-0.25, -0.2) is 4.98 Å². The van der Waals surface area contributed by atoms with E-state index in [1.165, 1.54) is 0 Å².